The second-order valence-electron chi connectivity index (χ2n) is 6.70. The maximum Gasteiger partial charge on any atom is 0.355 e. The van der Waals surface area contributed by atoms with Crippen LogP contribution in [0.3, 0.4) is 0 Å². The maximum absolute atomic E-state index is 12.7. The summed E-state index contributed by atoms with van der Waals surface area (Å²) in [5.41, 5.74) is 1.84. The van der Waals surface area contributed by atoms with Crippen molar-refractivity contribution in [2.75, 3.05) is 5.75 Å². The van der Waals surface area contributed by atoms with Gasteiger partial charge in [-0.2, -0.15) is 0 Å². The second-order valence-corrected chi connectivity index (χ2v) is 7.81. The largest absolute Gasteiger partial charge is 0.456 e. The molecule has 27 heavy (non-hydrogen) atoms. The zero-order valence-electron chi connectivity index (χ0n) is 14.7. The standard InChI is InChI=1S/C19H18N2O5S/c1-11-10-27-18-16(20-13(22)7-8-14(20)23)17(24)21(18)15(11)19(25)26-9-12-5-3-2-4-6-12/h2-6,16,18H,7-10H2,1H3/t16?,18-/m0/s1. The summed E-state index contributed by atoms with van der Waals surface area (Å²) in [5, 5.41) is -0.425. The zero-order valence-corrected chi connectivity index (χ0v) is 15.5. The third-order valence-corrected chi connectivity index (χ3v) is 6.31. The topological polar surface area (TPSA) is 84.0 Å². The molecule has 1 unspecified atom stereocenters. The number of likely N-dealkylation sites (tertiary alicyclic amines) is 1. The number of esters is 1. The summed E-state index contributed by atoms with van der Waals surface area (Å²) in [7, 11) is 0. The Hall–Kier alpha value is -2.61. The second kappa shape index (κ2) is 6.84. The number of imide groups is 1. The van der Waals surface area contributed by atoms with E-state index < -0.39 is 23.3 Å². The molecule has 2 saturated heterocycles. The van der Waals surface area contributed by atoms with Crippen LogP contribution in [0.25, 0.3) is 0 Å². The highest BCUT2D eigenvalue weighted by molar-refractivity contribution is 8.00. The Morgan fingerprint density at radius 1 is 1.11 bits per heavy atom. The van der Waals surface area contributed by atoms with Crippen LogP contribution in [0, 0.1) is 0 Å². The molecular formula is C19H18N2O5S. The molecule has 2 atom stereocenters. The van der Waals surface area contributed by atoms with Crippen molar-refractivity contribution in [2.24, 2.45) is 0 Å². The van der Waals surface area contributed by atoms with E-state index in [0.717, 1.165) is 16.0 Å². The molecule has 0 aliphatic carbocycles. The third-order valence-electron chi connectivity index (χ3n) is 4.91. The monoisotopic (exact) mass is 386 g/mol. The van der Waals surface area contributed by atoms with Gasteiger partial charge in [-0.05, 0) is 18.1 Å². The van der Waals surface area contributed by atoms with Crippen molar-refractivity contribution in [3.8, 4) is 0 Å². The van der Waals surface area contributed by atoms with Crippen LogP contribution in [0.1, 0.15) is 25.3 Å². The lowest BCUT2D eigenvalue weighted by molar-refractivity contribution is -0.163. The first-order chi connectivity index (χ1) is 13.0. The SMILES string of the molecule is CC1=C(C(=O)OCc2ccccc2)N2C(=O)C(N3C(=O)CCC3=O)[C@@H]2SC1. The molecule has 0 aromatic heterocycles. The van der Waals surface area contributed by atoms with Gasteiger partial charge in [-0.3, -0.25) is 24.2 Å². The minimum atomic E-state index is -0.817. The normalized spacial score (nSPS) is 24.9. The molecule has 0 N–H and O–H groups in total. The predicted molar refractivity (Wildman–Crippen MR) is 96.9 cm³/mol. The number of hydrogen-bond donors (Lipinski definition) is 0. The lowest BCUT2D eigenvalue weighted by Gasteiger charge is -2.51. The van der Waals surface area contributed by atoms with E-state index in [1.165, 1.54) is 16.7 Å². The highest BCUT2D eigenvalue weighted by Crippen LogP contribution is 2.43. The van der Waals surface area contributed by atoms with Gasteiger partial charge < -0.3 is 4.74 Å². The summed E-state index contributed by atoms with van der Waals surface area (Å²) in [4.78, 5) is 51.8. The van der Waals surface area contributed by atoms with E-state index in [2.05, 4.69) is 0 Å². The van der Waals surface area contributed by atoms with Gasteiger partial charge in [0.15, 0.2) is 0 Å². The van der Waals surface area contributed by atoms with Crippen LogP contribution in [0.15, 0.2) is 41.6 Å². The Morgan fingerprint density at radius 3 is 2.44 bits per heavy atom. The molecule has 140 valence electrons. The van der Waals surface area contributed by atoms with E-state index in [1.807, 2.05) is 30.3 Å². The molecule has 4 rings (SSSR count). The Kier molecular flexibility index (Phi) is 4.51. The highest BCUT2D eigenvalue weighted by atomic mass is 32.2. The van der Waals surface area contributed by atoms with Crippen LogP contribution in [-0.2, 0) is 30.5 Å². The minimum Gasteiger partial charge on any atom is -0.456 e. The Morgan fingerprint density at radius 2 is 1.78 bits per heavy atom. The van der Waals surface area contributed by atoms with Gasteiger partial charge in [-0.15, -0.1) is 11.8 Å². The molecule has 3 aliphatic rings. The lowest BCUT2D eigenvalue weighted by Crippen LogP contribution is -2.71. The molecule has 0 saturated carbocycles. The summed E-state index contributed by atoms with van der Waals surface area (Å²) in [5.74, 6) is -1.07. The van der Waals surface area contributed by atoms with Gasteiger partial charge in [0.1, 0.15) is 23.7 Å². The first-order valence-electron chi connectivity index (χ1n) is 8.69. The van der Waals surface area contributed by atoms with Gasteiger partial charge in [-0.25, -0.2) is 4.79 Å². The van der Waals surface area contributed by atoms with Crippen molar-refractivity contribution in [2.45, 2.75) is 37.8 Å². The highest BCUT2D eigenvalue weighted by Gasteiger charge is 2.58. The van der Waals surface area contributed by atoms with Gasteiger partial charge in [0, 0.05) is 18.6 Å². The van der Waals surface area contributed by atoms with Crippen molar-refractivity contribution in [3.63, 3.8) is 0 Å². The van der Waals surface area contributed by atoms with Crippen LogP contribution in [0.5, 0.6) is 0 Å². The summed E-state index contributed by atoms with van der Waals surface area (Å²) in [6.45, 7) is 1.90. The molecule has 1 aromatic rings. The predicted octanol–water partition coefficient (Wildman–Crippen LogP) is 1.44. The number of rotatable bonds is 4. The van der Waals surface area contributed by atoms with E-state index in [4.69, 9.17) is 4.74 Å². The van der Waals surface area contributed by atoms with Gasteiger partial charge in [-0.1, -0.05) is 30.3 Å². The number of fused-ring (bicyclic) bond motifs is 1. The van der Waals surface area contributed by atoms with Crippen molar-refractivity contribution in [1.82, 2.24) is 9.80 Å². The average Bonchev–Trinajstić information content (AvgIpc) is 2.99. The van der Waals surface area contributed by atoms with Crippen molar-refractivity contribution >= 4 is 35.5 Å². The smallest absolute Gasteiger partial charge is 0.355 e. The van der Waals surface area contributed by atoms with Gasteiger partial charge >= 0.3 is 5.97 Å². The Balaban J connectivity index is 1.51. The van der Waals surface area contributed by atoms with Crippen LogP contribution in [0.2, 0.25) is 0 Å². The molecule has 1 aromatic carbocycles. The number of benzene rings is 1. The van der Waals surface area contributed by atoms with Crippen LogP contribution in [0.4, 0.5) is 0 Å². The molecule has 0 bridgehead atoms. The van der Waals surface area contributed by atoms with Crippen molar-refractivity contribution in [3.05, 3.63) is 47.2 Å². The fourth-order valence-corrected chi connectivity index (χ4v) is 4.88. The van der Waals surface area contributed by atoms with Crippen LogP contribution < -0.4 is 0 Å². The summed E-state index contributed by atoms with van der Waals surface area (Å²) in [6.07, 6.45) is 0.279. The minimum absolute atomic E-state index is 0.114. The number of nitrogens with zero attached hydrogens (tertiary/aromatic N) is 2. The molecular weight excluding hydrogens is 368 g/mol. The van der Waals surface area contributed by atoms with Crippen molar-refractivity contribution in [1.29, 1.82) is 0 Å². The fourth-order valence-electron chi connectivity index (χ4n) is 3.54. The number of hydrogen-bond acceptors (Lipinski definition) is 6. The molecule has 0 radical (unpaired) electrons. The van der Waals surface area contributed by atoms with Crippen molar-refractivity contribution < 1.29 is 23.9 Å². The molecule has 7 nitrogen and oxygen atoms in total. The van der Waals surface area contributed by atoms with E-state index in [0.29, 0.717) is 5.75 Å². The number of carbonyl (C=O) groups excluding carboxylic acids is 4. The van der Waals surface area contributed by atoms with Crippen LogP contribution >= 0.6 is 11.8 Å². The summed E-state index contributed by atoms with van der Waals surface area (Å²) >= 11 is 1.45. The number of ether oxygens (including phenoxy) is 1. The zero-order chi connectivity index (χ0) is 19.1. The first-order valence-corrected chi connectivity index (χ1v) is 9.74. The Bertz CT molecular complexity index is 850. The number of carbonyl (C=O) groups is 4. The molecule has 2 fully saturated rings. The van der Waals surface area contributed by atoms with Gasteiger partial charge in [0.2, 0.25) is 11.8 Å². The quantitative estimate of drug-likeness (QED) is 0.442. The maximum atomic E-state index is 12.7. The molecule has 3 heterocycles. The van der Waals surface area contributed by atoms with Crippen LogP contribution in [-0.4, -0.2) is 50.7 Å². The lowest BCUT2D eigenvalue weighted by atomic mass is 10.0. The number of β-lactam (4-membered cyclic amide) rings is 1. The van der Waals surface area contributed by atoms with E-state index >= 15 is 0 Å². The molecule has 3 aliphatic heterocycles. The van der Waals surface area contributed by atoms with Gasteiger partial charge in [0.25, 0.3) is 5.91 Å². The average molecular weight is 386 g/mol. The molecule has 8 heteroatoms. The molecule has 3 amide bonds. The third kappa shape index (κ3) is 2.93. The number of amides is 3. The summed E-state index contributed by atoms with van der Waals surface area (Å²) in [6, 6.07) is 8.47. The van der Waals surface area contributed by atoms with E-state index in [9.17, 15) is 19.2 Å². The fraction of sp³-hybridized carbons (Fsp3) is 0.368. The Labute approximate surface area is 160 Å². The van der Waals surface area contributed by atoms with Gasteiger partial charge in [0.05, 0.1) is 0 Å². The first kappa shape index (κ1) is 17.8. The van der Waals surface area contributed by atoms with E-state index in [-0.39, 0.29) is 37.0 Å². The molecule has 0 spiro atoms. The summed E-state index contributed by atoms with van der Waals surface area (Å²) < 4.78 is 5.39. The number of thioether (sulfide) groups is 1. The van der Waals surface area contributed by atoms with E-state index in [1.54, 1.807) is 6.92 Å².